The minimum Gasteiger partial charge on any atom is -0.339 e. The SMILES string of the molecule is CCCCN(C)S(=O)(=O)c1ccc(C(=O)Nc2sc3c(c2C(=O)N2CCCCC2)CCN(C)C3)cc1. The van der Waals surface area contributed by atoms with E-state index < -0.39 is 10.0 Å². The Labute approximate surface area is 218 Å². The van der Waals surface area contributed by atoms with E-state index in [1.165, 1.54) is 39.9 Å². The van der Waals surface area contributed by atoms with Crippen molar-refractivity contribution >= 4 is 38.2 Å². The van der Waals surface area contributed by atoms with Gasteiger partial charge >= 0.3 is 0 Å². The molecule has 36 heavy (non-hydrogen) atoms. The zero-order valence-corrected chi connectivity index (χ0v) is 23.0. The van der Waals surface area contributed by atoms with Crippen LogP contribution in [0, 0.1) is 0 Å². The van der Waals surface area contributed by atoms with E-state index in [2.05, 4.69) is 17.3 Å². The summed E-state index contributed by atoms with van der Waals surface area (Å²) in [7, 11) is 0.0283. The lowest BCUT2D eigenvalue weighted by molar-refractivity contribution is 0.0724. The molecule has 2 aliphatic rings. The first-order valence-electron chi connectivity index (χ1n) is 12.7. The molecular weight excluding hydrogens is 496 g/mol. The number of likely N-dealkylation sites (N-methyl/N-ethyl adjacent to an activating group) is 1. The molecule has 0 aliphatic carbocycles. The van der Waals surface area contributed by atoms with E-state index in [0.29, 0.717) is 22.7 Å². The van der Waals surface area contributed by atoms with Crippen molar-refractivity contribution in [2.75, 3.05) is 45.6 Å². The number of unbranched alkanes of at least 4 members (excludes halogenated alkanes) is 1. The van der Waals surface area contributed by atoms with Gasteiger partial charge in [-0.1, -0.05) is 13.3 Å². The number of amides is 2. The number of anilines is 1. The van der Waals surface area contributed by atoms with Crippen LogP contribution >= 0.6 is 11.3 Å². The predicted octanol–water partition coefficient (Wildman–Crippen LogP) is 4.04. The first-order chi connectivity index (χ1) is 17.2. The van der Waals surface area contributed by atoms with Crippen LogP contribution in [0.1, 0.15) is 70.2 Å². The van der Waals surface area contributed by atoms with Crippen molar-refractivity contribution in [3.05, 3.63) is 45.8 Å². The number of sulfonamides is 1. The van der Waals surface area contributed by atoms with E-state index in [1.807, 2.05) is 11.8 Å². The summed E-state index contributed by atoms with van der Waals surface area (Å²) < 4.78 is 26.9. The summed E-state index contributed by atoms with van der Waals surface area (Å²) in [5.41, 5.74) is 2.04. The second kappa shape index (κ2) is 11.4. The van der Waals surface area contributed by atoms with Crippen LogP contribution in [-0.2, 0) is 23.0 Å². The first-order valence-corrected chi connectivity index (χ1v) is 15.0. The Morgan fingerprint density at radius 2 is 1.78 bits per heavy atom. The number of likely N-dealkylation sites (tertiary alicyclic amines) is 1. The van der Waals surface area contributed by atoms with Gasteiger partial charge in [0, 0.05) is 50.2 Å². The summed E-state index contributed by atoms with van der Waals surface area (Å²) in [5, 5.41) is 3.57. The van der Waals surface area contributed by atoms with Crippen molar-refractivity contribution in [3.63, 3.8) is 0 Å². The van der Waals surface area contributed by atoms with Gasteiger partial charge in [-0.05, 0) is 69.0 Å². The molecule has 0 unspecified atom stereocenters. The summed E-state index contributed by atoms with van der Waals surface area (Å²) in [6.07, 6.45) is 5.63. The second-order valence-corrected chi connectivity index (χ2v) is 12.9. The average Bonchev–Trinajstić information content (AvgIpc) is 3.23. The van der Waals surface area contributed by atoms with E-state index in [9.17, 15) is 18.0 Å². The molecule has 1 aromatic carbocycles. The van der Waals surface area contributed by atoms with Crippen LogP contribution in [0.25, 0.3) is 0 Å². The molecule has 0 radical (unpaired) electrons. The fourth-order valence-electron chi connectivity index (χ4n) is 4.74. The molecule has 1 saturated heterocycles. The van der Waals surface area contributed by atoms with Gasteiger partial charge in [0.2, 0.25) is 10.0 Å². The van der Waals surface area contributed by atoms with Crippen LogP contribution in [0.5, 0.6) is 0 Å². The molecule has 3 heterocycles. The van der Waals surface area contributed by atoms with E-state index in [1.54, 1.807) is 7.05 Å². The van der Waals surface area contributed by atoms with Crippen LogP contribution in [0.2, 0.25) is 0 Å². The van der Waals surface area contributed by atoms with Gasteiger partial charge in [0.25, 0.3) is 11.8 Å². The minimum absolute atomic E-state index is 0.00334. The molecule has 0 saturated carbocycles. The van der Waals surface area contributed by atoms with Crippen molar-refractivity contribution in [2.24, 2.45) is 0 Å². The second-order valence-electron chi connectivity index (χ2n) is 9.71. The number of fused-ring (bicyclic) bond motifs is 1. The van der Waals surface area contributed by atoms with Gasteiger partial charge in [-0.3, -0.25) is 9.59 Å². The smallest absolute Gasteiger partial charge is 0.257 e. The number of hydrogen-bond donors (Lipinski definition) is 1. The summed E-state index contributed by atoms with van der Waals surface area (Å²) in [5.74, 6) is -0.346. The molecule has 0 atom stereocenters. The first kappa shape index (κ1) is 26.8. The molecule has 8 nitrogen and oxygen atoms in total. The highest BCUT2D eigenvalue weighted by Crippen LogP contribution is 2.38. The largest absolute Gasteiger partial charge is 0.339 e. The van der Waals surface area contributed by atoms with Gasteiger partial charge in [0.15, 0.2) is 0 Å². The molecule has 10 heteroatoms. The predicted molar refractivity (Wildman–Crippen MR) is 143 cm³/mol. The third-order valence-corrected chi connectivity index (χ3v) is 9.99. The van der Waals surface area contributed by atoms with E-state index in [4.69, 9.17) is 0 Å². The molecule has 0 bridgehead atoms. The number of carbonyl (C=O) groups excluding carboxylic acids is 2. The molecule has 0 spiro atoms. The highest BCUT2D eigenvalue weighted by molar-refractivity contribution is 7.89. The summed E-state index contributed by atoms with van der Waals surface area (Å²) in [6, 6.07) is 6.01. The summed E-state index contributed by atoms with van der Waals surface area (Å²) in [4.78, 5) is 32.1. The number of rotatable bonds is 8. The number of benzene rings is 1. The lowest BCUT2D eigenvalue weighted by Gasteiger charge is -2.28. The van der Waals surface area contributed by atoms with Crippen molar-refractivity contribution in [2.45, 2.75) is 56.9 Å². The van der Waals surface area contributed by atoms with Gasteiger partial charge in [-0.2, -0.15) is 0 Å². The molecule has 1 aromatic heterocycles. The third kappa shape index (κ3) is 5.66. The Hall–Kier alpha value is -2.27. The molecule has 4 rings (SSSR count). The molecule has 2 amide bonds. The van der Waals surface area contributed by atoms with E-state index in [0.717, 1.165) is 75.1 Å². The van der Waals surface area contributed by atoms with Gasteiger partial charge in [0.1, 0.15) is 5.00 Å². The maximum absolute atomic E-state index is 13.5. The third-order valence-electron chi connectivity index (χ3n) is 6.98. The van der Waals surface area contributed by atoms with Crippen LogP contribution in [0.15, 0.2) is 29.2 Å². The molecular formula is C26H36N4O4S2. The fourth-order valence-corrected chi connectivity index (χ4v) is 7.26. The highest BCUT2D eigenvalue weighted by Gasteiger charge is 2.31. The van der Waals surface area contributed by atoms with Gasteiger partial charge in [-0.25, -0.2) is 12.7 Å². The zero-order chi connectivity index (χ0) is 25.9. The number of carbonyl (C=O) groups is 2. The zero-order valence-electron chi connectivity index (χ0n) is 21.4. The van der Waals surface area contributed by atoms with E-state index in [-0.39, 0.29) is 16.7 Å². The lowest BCUT2D eigenvalue weighted by atomic mass is 10.0. The normalized spacial score (nSPS) is 16.7. The summed E-state index contributed by atoms with van der Waals surface area (Å²) >= 11 is 1.48. The van der Waals surface area contributed by atoms with Crippen LogP contribution in [-0.4, -0.2) is 74.6 Å². The van der Waals surface area contributed by atoms with Crippen molar-refractivity contribution < 1.29 is 18.0 Å². The quantitative estimate of drug-likeness (QED) is 0.554. The standard InChI is InChI=1S/C26H36N4O4S2/c1-4-5-14-29(3)36(33,34)20-11-9-19(10-12-20)24(31)27-25-23(26(32)30-15-7-6-8-16-30)21-13-17-28(2)18-22(21)35-25/h9-12H,4-8,13-18H2,1-3H3,(H,27,31). The van der Waals surface area contributed by atoms with E-state index >= 15 is 0 Å². The molecule has 1 N–H and O–H groups in total. The Balaban J connectivity index is 1.56. The van der Waals surface area contributed by atoms with Crippen LogP contribution in [0.4, 0.5) is 5.00 Å². The Morgan fingerprint density at radius 1 is 1.08 bits per heavy atom. The molecule has 1 fully saturated rings. The average molecular weight is 533 g/mol. The van der Waals surface area contributed by atoms with Gasteiger partial charge < -0.3 is 15.1 Å². The van der Waals surface area contributed by atoms with Crippen LogP contribution in [0.3, 0.4) is 0 Å². The number of hydrogen-bond acceptors (Lipinski definition) is 6. The monoisotopic (exact) mass is 532 g/mol. The van der Waals surface area contributed by atoms with Gasteiger partial charge in [-0.15, -0.1) is 11.3 Å². The number of nitrogens with one attached hydrogen (secondary N) is 1. The topological polar surface area (TPSA) is 90.0 Å². The number of piperidine rings is 1. The molecule has 196 valence electrons. The molecule has 2 aliphatic heterocycles. The summed E-state index contributed by atoms with van der Waals surface area (Å²) in [6.45, 7) is 5.60. The molecule has 2 aromatic rings. The minimum atomic E-state index is -3.60. The Kier molecular flexibility index (Phi) is 8.49. The van der Waals surface area contributed by atoms with Crippen molar-refractivity contribution in [3.8, 4) is 0 Å². The number of nitrogens with zero attached hydrogens (tertiary/aromatic N) is 3. The maximum Gasteiger partial charge on any atom is 0.257 e. The number of thiophene rings is 1. The Bertz CT molecular complexity index is 1200. The van der Waals surface area contributed by atoms with Gasteiger partial charge in [0.05, 0.1) is 10.5 Å². The van der Waals surface area contributed by atoms with Crippen molar-refractivity contribution in [1.82, 2.24) is 14.1 Å². The Morgan fingerprint density at radius 3 is 2.44 bits per heavy atom. The highest BCUT2D eigenvalue weighted by atomic mass is 32.2. The van der Waals surface area contributed by atoms with Crippen LogP contribution < -0.4 is 5.32 Å². The van der Waals surface area contributed by atoms with Crippen molar-refractivity contribution in [1.29, 1.82) is 0 Å². The fraction of sp³-hybridized carbons (Fsp3) is 0.538. The lowest BCUT2D eigenvalue weighted by Crippen LogP contribution is -2.37. The maximum atomic E-state index is 13.5.